The molecule has 2 aromatic rings. The van der Waals surface area contributed by atoms with Gasteiger partial charge >= 0.3 is 5.97 Å². The number of carbonyl (C=O) groups is 4. The fourth-order valence-electron chi connectivity index (χ4n) is 4.14. The number of benzene rings is 2. The molecule has 1 fully saturated rings. The second-order valence-corrected chi connectivity index (χ2v) is 10.6. The maximum absolute atomic E-state index is 13.1. The zero-order valence-corrected chi connectivity index (χ0v) is 24.0. The highest BCUT2D eigenvalue weighted by Crippen LogP contribution is 2.37. The first-order valence-corrected chi connectivity index (χ1v) is 14.0. The Morgan fingerprint density at radius 3 is 2.58 bits per heavy atom. The number of hydrogen-bond donors (Lipinski definition) is 0. The normalized spacial score (nSPS) is 16.0. The quantitative estimate of drug-likeness (QED) is 0.226. The first-order valence-electron chi connectivity index (χ1n) is 12.1. The van der Waals surface area contributed by atoms with Crippen molar-refractivity contribution in [2.24, 2.45) is 0 Å². The third kappa shape index (κ3) is 6.49. The minimum atomic E-state index is -0.513. The van der Waals surface area contributed by atoms with Crippen LogP contribution in [0.15, 0.2) is 41.3 Å². The molecular weight excluding hydrogens is 623 g/mol. The van der Waals surface area contributed by atoms with E-state index in [1.807, 2.05) is 25.1 Å². The van der Waals surface area contributed by atoms with Gasteiger partial charge in [-0.3, -0.25) is 19.3 Å². The minimum absolute atomic E-state index is 0.213. The van der Waals surface area contributed by atoms with E-state index in [0.29, 0.717) is 40.3 Å². The SMILES string of the molecule is CCOC(=O)COc1c(I)cc(/C=C2\SC(=O)N(CC(=O)N3CCc4ccccc4C3)C2=O)cc1OCC. The zero-order chi connectivity index (χ0) is 27.2. The highest BCUT2D eigenvalue weighted by Gasteiger charge is 2.37. The molecule has 2 heterocycles. The maximum atomic E-state index is 13.1. The summed E-state index contributed by atoms with van der Waals surface area (Å²) in [6.07, 6.45) is 2.33. The van der Waals surface area contributed by atoms with Gasteiger partial charge in [0.05, 0.1) is 21.7 Å². The molecule has 4 rings (SSSR count). The first kappa shape index (κ1) is 28.0. The molecule has 200 valence electrons. The molecule has 0 unspecified atom stereocenters. The van der Waals surface area contributed by atoms with Crippen molar-refractivity contribution in [1.29, 1.82) is 0 Å². The Hall–Kier alpha value is -3.06. The molecule has 11 heteroatoms. The number of rotatable bonds is 9. The summed E-state index contributed by atoms with van der Waals surface area (Å²) in [7, 11) is 0. The Morgan fingerprint density at radius 1 is 1.08 bits per heavy atom. The molecule has 1 saturated heterocycles. The molecule has 38 heavy (non-hydrogen) atoms. The molecule has 0 saturated carbocycles. The minimum Gasteiger partial charge on any atom is -0.490 e. The Labute approximate surface area is 238 Å². The average Bonchev–Trinajstić information content (AvgIpc) is 3.15. The van der Waals surface area contributed by atoms with Gasteiger partial charge in [0.1, 0.15) is 6.54 Å². The van der Waals surface area contributed by atoms with Crippen molar-refractivity contribution in [1.82, 2.24) is 9.80 Å². The molecule has 2 aliphatic rings. The summed E-state index contributed by atoms with van der Waals surface area (Å²) in [4.78, 5) is 53.3. The van der Waals surface area contributed by atoms with Crippen LogP contribution in [0.25, 0.3) is 6.08 Å². The molecule has 0 spiro atoms. The van der Waals surface area contributed by atoms with E-state index in [2.05, 4.69) is 28.7 Å². The van der Waals surface area contributed by atoms with Crippen LogP contribution in [0.3, 0.4) is 0 Å². The summed E-state index contributed by atoms with van der Waals surface area (Å²) >= 11 is 2.85. The van der Waals surface area contributed by atoms with Crippen LogP contribution in [-0.4, -0.2) is 65.7 Å². The van der Waals surface area contributed by atoms with Crippen LogP contribution in [0.5, 0.6) is 11.5 Å². The third-order valence-corrected chi connectivity index (χ3v) is 7.63. The standard InChI is InChI=1S/C27H27IN2O7S/c1-3-35-21-12-17(11-20(28)25(21)37-16-24(32)36-4-2)13-22-26(33)30(27(34)38-22)15-23(31)29-10-9-18-7-5-6-8-19(18)14-29/h5-8,11-13H,3-4,9-10,14-16H2,1-2H3/b22-13-. The van der Waals surface area contributed by atoms with E-state index in [9.17, 15) is 19.2 Å². The molecule has 0 aromatic heterocycles. The number of carbonyl (C=O) groups excluding carboxylic acids is 4. The van der Waals surface area contributed by atoms with E-state index in [1.54, 1.807) is 30.0 Å². The molecule has 0 bridgehead atoms. The number of halogens is 1. The Balaban J connectivity index is 1.47. The van der Waals surface area contributed by atoms with Crippen molar-refractivity contribution in [3.63, 3.8) is 0 Å². The zero-order valence-electron chi connectivity index (χ0n) is 21.0. The molecule has 0 aliphatic carbocycles. The molecule has 2 aromatic carbocycles. The van der Waals surface area contributed by atoms with Gasteiger partial charge in [-0.1, -0.05) is 24.3 Å². The van der Waals surface area contributed by atoms with Crippen LogP contribution in [0.1, 0.15) is 30.5 Å². The summed E-state index contributed by atoms with van der Waals surface area (Å²) in [6.45, 7) is 4.59. The average molecular weight is 650 g/mol. The van der Waals surface area contributed by atoms with E-state index >= 15 is 0 Å². The summed E-state index contributed by atoms with van der Waals surface area (Å²) in [6, 6.07) is 11.4. The lowest BCUT2D eigenvalue weighted by Crippen LogP contribution is -2.44. The predicted molar refractivity (Wildman–Crippen MR) is 151 cm³/mol. The van der Waals surface area contributed by atoms with Crippen LogP contribution in [-0.2, 0) is 32.1 Å². The highest BCUT2D eigenvalue weighted by molar-refractivity contribution is 14.1. The Kier molecular flexibility index (Phi) is 9.31. The van der Waals surface area contributed by atoms with Crippen LogP contribution >= 0.6 is 34.4 Å². The molecular formula is C27H27IN2O7S. The van der Waals surface area contributed by atoms with Gasteiger partial charge in [0, 0.05) is 13.1 Å². The summed E-state index contributed by atoms with van der Waals surface area (Å²) in [5.74, 6) is -0.485. The van der Waals surface area contributed by atoms with Crippen LogP contribution in [0.4, 0.5) is 4.79 Å². The number of amides is 3. The Morgan fingerprint density at radius 2 is 1.84 bits per heavy atom. The van der Waals surface area contributed by atoms with E-state index in [-0.39, 0.29) is 30.6 Å². The largest absolute Gasteiger partial charge is 0.490 e. The van der Waals surface area contributed by atoms with Crippen molar-refractivity contribution in [3.05, 3.63) is 61.6 Å². The highest BCUT2D eigenvalue weighted by atomic mass is 127. The molecule has 0 radical (unpaired) electrons. The second-order valence-electron chi connectivity index (χ2n) is 8.46. The number of fused-ring (bicyclic) bond motifs is 1. The van der Waals surface area contributed by atoms with Crippen LogP contribution in [0, 0.1) is 3.57 Å². The van der Waals surface area contributed by atoms with Crippen molar-refractivity contribution in [3.8, 4) is 11.5 Å². The molecule has 0 N–H and O–H groups in total. The van der Waals surface area contributed by atoms with E-state index in [0.717, 1.165) is 28.6 Å². The lowest BCUT2D eigenvalue weighted by atomic mass is 10.00. The lowest BCUT2D eigenvalue weighted by Gasteiger charge is -2.29. The van der Waals surface area contributed by atoms with Gasteiger partial charge in [-0.2, -0.15) is 0 Å². The predicted octanol–water partition coefficient (Wildman–Crippen LogP) is 4.25. The summed E-state index contributed by atoms with van der Waals surface area (Å²) < 4.78 is 16.9. The van der Waals surface area contributed by atoms with Crippen molar-refractivity contribution in [2.45, 2.75) is 26.8 Å². The van der Waals surface area contributed by atoms with Gasteiger partial charge in [0.2, 0.25) is 5.91 Å². The van der Waals surface area contributed by atoms with E-state index in [4.69, 9.17) is 14.2 Å². The number of ether oxygens (including phenoxy) is 3. The van der Waals surface area contributed by atoms with Gasteiger partial charge in [0.25, 0.3) is 11.1 Å². The maximum Gasteiger partial charge on any atom is 0.344 e. The smallest absolute Gasteiger partial charge is 0.344 e. The van der Waals surface area contributed by atoms with Gasteiger partial charge < -0.3 is 19.1 Å². The summed E-state index contributed by atoms with van der Waals surface area (Å²) in [5, 5.41) is -0.485. The number of hydrogen-bond acceptors (Lipinski definition) is 8. The fourth-order valence-corrected chi connectivity index (χ4v) is 5.76. The molecule has 2 aliphatic heterocycles. The number of nitrogens with zero attached hydrogens (tertiary/aromatic N) is 2. The van der Waals surface area contributed by atoms with E-state index < -0.39 is 17.1 Å². The monoisotopic (exact) mass is 650 g/mol. The number of thioether (sulfide) groups is 1. The van der Waals surface area contributed by atoms with Gasteiger partial charge in [0.15, 0.2) is 18.1 Å². The first-order chi connectivity index (χ1) is 18.3. The van der Waals surface area contributed by atoms with E-state index in [1.165, 1.54) is 5.56 Å². The van der Waals surface area contributed by atoms with Crippen molar-refractivity contribution in [2.75, 3.05) is 32.9 Å². The molecule has 0 atom stereocenters. The molecule has 9 nitrogen and oxygen atoms in total. The van der Waals surface area contributed by atoms with Crippen molar-refractivity contribution >= 4 is 63.5 Å². The van der Waals surface area contributed by atoms with Gasteiger partial charge in [-0.25, -0.2) is 4.79 Å². The van der Waals surface area contributed by atoms with Crippen LogP contribution < -0.4 is 9.47 Å². The Bertz CT molecular complexity index is 1300. The fraction of sp³-hybridized carbons (Fsp3) is 0.333. The molecule has 3 amide bonds. The third-order valence-electron chi connectivity index (χ3n) is 5.92. The number of imide groups is 1. The number of esters is 1. The lowest BCUT2D eigenvalue weighted by molar-refractivity contribution is -0.145. The van der Waals surface area contributed by atoms with Gasteiger partial charge in [-0.05, 0) is 89.5 Å². The topological polar surface area (TPSA) is 102 Å². The second kappa shape index (κ2) is 12.7. The van der Waals surface area contributed by atoms with Crippen molar-refractivity contribution < 1.29 is 33.4 Å². The van der Waals surface area contributed by atoms with Crippen LogP contribution in [0.2, 0.25) is 0 Å². The summed E-state index contributed by atoms with van der Waals surface area (Å²) in [5.41, 5.74) is 2.91. The van der Waals surface area contributed by atoms with Gasteiger partial charge in [-0.15, -0.1) is 0 Å².